The SMILES string of the molecule is O=C1Cc2ccccc2C(c2cccc([N+](=O)[O-])c2)N1. The fourth-order valence-electron chi connectivity index (χ4n) is 2.52. The van der Waals surface area contributed by atoms with Crippen LogP contribution < -0.4 is 5.32 Å². The highest BCUT2D eigenvalue weighted by molar-refractivity contribution is 5.82. The van der Waals surface area contributed by atoms with Crippen LogP contribution in [0.5, 0.6) is 0 Å². The largest absolute Gasteiger partial charge is 0.345 e. The average molecular weight is 268 g/mol. The van der Waals surface area contributed by atoms with Gasteiger partial charge in [0, 0.05) is 12.1 Å². The summed E-state index contributed by atoms with van der Waals surface area (Å²) >= 11 is 0. The molecule has 1 aliphatic rings. The van der Waals surface area contributed by atoms with Crippen molar-refractivity contribution in [1.82, 2.24) is 5.32 Å². The Morgan fingerprint density at radius 2 is 1.95 bits per heavy atom. The summed E-state index contributed by atoms with van der Waals surface area (Å²) in [7, 11) is 0. The Balaban J connectivity index is 2.08. The van der Waals surface area contributed by atoms with Crippen LogP contribution in [-0.4, -0.2) is 10.8 Å². The maximum absolute atomic E-state index is 11.8. The van der Waals surface area contributed by atoms with E-state index in [1.807, 2.05) is 24.3 Å². The Labute approximate surface area is 115 Å². The molecule has 2 aromatic carbocycles. The fraction of sp³-hybridized carbons (Fsp3) is 0.133. The van der Waals surface area contributed by atoms with Crippen LogP contribution in [0.2, 0.25) is 0 Å². The molecule has 0 spiro atoms. The molecule has 0 radical (unpaired) electrons. The van der Waals surface area contributed by atoms with Gasteiger partial charge in [-0.05, 0) is 16.7 Å². The highest BCUT2D eigenvalue weighted by atomic mass is 16.6. The van der Waals surface area contributed by atoms with E-state index in [2.05, 4.69) is 5.32 Å². The molecule has 5 heteroatoms. The third-order valence-corrected chi connectivity index (χ3v) is 3.44. The van der Waals surface area contributed by atoms with E-state index in [0.29, 0.717) is 6.42 Å². The molecule has 5 nitrogen and oxygen atoms in total. The number of nitro groups is 1. The first-order valence-corrected chi connectivity index (χ1v) is 6.26. The predicted molar refractivity (Wildman–Crippen MR) is 73.2 cm³/mol. The summed E-state index contributed by atoms with van der Waals surface area (Å²) in [4.78, 5) is 22.2. The Bertz CT molecular complexity index is 697. The summed E-state index contributed by atoms with van der Waals surface area (Å²) in [6.07, 6.45) is 0.349. The van der Waals surface area contributed by atoms with Gasteiger partial charge in [-0.2, -0.15) is 0 Å². The zero-order chi connectivity index (χ0) is 14.1. The van der Waals surface area contributed by atoms with Crippen molar-refractivity contribution >= 4 is 11.6 Å². The number of fused-ring (bicyclic) bond motifs is 1. The van der Waals surface area contributed by atoms with Crippen molar-refractivity contribution in [3.8, 4) is 0 Å². The number of amides is 1. The van der Waals surface area contributed by atoms with Gasteiger partial charge in [-0.1, -0.05) is 36.4 Å². The van der Waals surface area contributed by atoms with Gasteiger partial charge in [-0.15, -0.1) is 0 Å². The molecule has 1 aliphatic heterocycles. The first kappa shape index (κ1) is 12.3. The number of carbonyl (C=O) groups is 1. The van der Waals surface area contributed by atoms with Gasteiger partial charge in [0.2, 0.25) is 5.91 Å². The van der Waals surface area contributed by atoms with Crippen LogP contribution in [0.3, 0.4) is 0 Å². The van der Waals surface area contributed by atoms with Crippen LogP contribution in [-0.2, 0) is 11.2 Å². The third kappa shape index (κ3) is 2.14. The molecule has 1 amide bonds. The van der Waals surface area contributed by atoms with Crippen molar-refractivity contribution in [2.24, 2.45) is 0 Å². The monoisotopic (exact) mass is 268 g/mol. The van der Waals surface area contributed by atoms with Crippen molar-refractivity contribution in [3.05, 3.63) is 75.3 Å². The van der Waals surface area contributed by atoms with E-state index in [4.69, 9.17) is 0 Å². The zero-order valence-corrected chi connectivity index (χ0v) is 10.6. The number of rotatable bonds is 2. The van der Waals surface area contributed by atoms with Gasteiger partial charge >= 0.3 is 0 Å². The Morgan fingerprint density at radius 1 is 1.15 bits per heavy atom. The van der Waals surface area contributed by atoms with Crippen LogP contribution in [0.15, 0.2) is 48.5 Å². The lowest BCUT2D eigenvalue weighted by atomic mass is 9.89. The van der Waals surface area contributed by atoms with Gasteiger partial charge in [-0.3, -0.25) is 14.9 Å². The maximum Gasteiger partial charge on any atom is 0.269 e. The lowest BCUT2D eigenvalue weighted by Gasteiger charge is -2.26. The van der Waals surface area contributed by atoms with E-state index >= 15 is 0 Å². The quantitative estimate of drug-likeness (QED) is 0.671. The normalized spacial score (nSPS) is 17.2. The second kappa shape index (κ2) is 4.77. The highest BCUT2D eigenvalue weighted by Crippen LogP contribution is 2.30. The molecule has 2 aromatic rings. The van der Waals surface area contributed by atoms with Crippen LogP contribution in [0.1, 0.15) is 22.7 Å². The molecule has 1 N–H and O–H groups in total. The first-order valence-electron chi connectivity index (χ1n) is 6.26. The van der Waals surface area contributed by atoms with Gasteiger partial charge in [0.1, 0.15) is 0 Å². The highest BCUT2D eigenvalue weighted by Gasteiger charge is 2.26. The molecule has 0 fully saturated rings. The summed E-state index contributed by atoms with van der Waals surface area (Å²) in [5.41, 5.74) is 2.71. The maximum atomic E-state index is 11.8. The van der Waals surface area contributed by atoms with Crippen molar-refractivity contribution < 1.29 is 9.72 Å². The summed E-state index contributed by atoms with van der Waals surface area (Å²) < 4.78 is 0. The molecule has 0 bridgehead atoms. The molecule has 0 aliphatic carbocycles. The second-order valence-corrected chi connectivity index (χ2v) is 4.73. The second-order valence-electron chi connectivity index (χ2n) is 4.73. The van der Waals surface area contributed by atoms with Crippen molar-refractivity contribution in [2.75, 3.05) is 0 Å². The van der Waals surface area contributed by atoms with E-state index < -0.39 is 4.92 Å². The van der Waals surface area contributed by atoms with Gasteiger partial charge in [0.15, 0.2) is 0 Å². The predicted octanol–water partition coefficient (Wildman–Crippen LogP) is 2.36. The summed E-state index contributed by atoms with van der Waals surface area (Å²) in [5.74, 6) is -0.0693. The molecule has 1 atom stereocenters. The Hall–Kier alpha value is -2.69. The van der Waals surface area contributed by atoms with E-state index in [0.717, 1.165) is 16.7 Å². The first-order chi connectivity index (χ1) is 9.65. The molecule has 100 valence electrons. The van der Waals surface area contributed by atoms with E-state index in [-0.39, 0.29) is 17.6 Å². The lowest BCUT2D eigenvalue weighted by Crippen LogP contribution is -2.35. The minimum atomic E-state index is -0.431. The van der Waals surface area contributed by atoms with Gasteiger partial charge < -0.3 is 5.32 Å². The zero-order valence-electron chi connectivity index (χ0n) is 10.6. The van der Waals surface area contributed by atoms with Gasteiger partial charge in [-0.25, -0.2) is 0 Å². The van der Waals surface area contributed by atoms with Crippen LogP contribution in [0, 0.1) is 10.1 Å². The van der Waals surface area contributed by atoms with Crippen molar-refractivity contribution in [2.45, 2.75) is 12.5 Å². The van der Waals surface area contributed by atoms with Crippen molar-refractivity contribution in [3.63, 3.8) is 0 Å². The lowest BCUT2D eigenvalue weighted by molar-refractivity contribution is -0.384. The Morgan fingerprint density at radius 3 is 2.75 bits per heavy atom. The number of carbonyl (C=O) groups excluding carboxylic acids is 1. The Kier molecular flexibility index (Phi) is 2.95. The molecule has 1 heterocycles. The molecule has 0 saturated carbocycles. The molecule has 0 aromatic heterocycles. The smallest absolute Gasteiger partial charge is 0.269 e. The summed E-state index contributed by atoms with van der Waals surface area (Å²) in [6.45, 7) is 0. The van der Waals surface area contributed by atoms with Crippen LogP contribution in [0.4, 0.5) is 5.69 Å². The standard InChI is InChI=1S/C15H12N2O3/c18-14-9-10-4-1-2-7-13(10)15(16-14)11-5-3-6-12(8-11)17(19)20/h1-8,15H,9H2,(H,16,18). The molecule has 3 rings (SSSR count). The third-order valence-electron chi connectivity index (χ3n) is 3.44. The fourth-order valence-corrected chi connectivity index (χ4v) is 2.52. The summed E-state index contributed by atoms with van der Waals surface area (Å²) in [5, 5.41) is 13.8. The average Bonchev–Trinajstić information content (AvgIpc) is 2.46. The number of benzene rings is 2. The molecular formula is C15H12N2O3. The van der Waals surface area contributed by atoms with Gasteiger partial charge in [0.05, 0.1) is 17.4 Å². The number of nitrogens with one attached hydrogen (secondary N) is 1. The number of hydrogen-bond donors (Lipinski definition) is 1. The molecule has 20 heavy (non-hydrogen) atoms. The molecular weight excluding hydrogens is 256 g/mol. The van der Waals surface area contributed by atoms with Crippen LogP contribution in [0.25, 0.3) is 0 Å². The number of hydrogen-bond acceptors (Lipinski definition) is 3. The number of nitro benzene ring substituents is 1. The number of non-ortho nitro benzene ring substituents is 1. The van der Waals surface area contributed by atoms with E-state index in [9.17, 15) is 14.9 Å². The number of nitrogens with zero attached hydrogens (tertiary/aromatic N) is 1. The molecule has 0 saturated heterocycles. The van der Waals surface area contributed by atoms with Crippen molar-refractivity contribution in [1.29, 1.82) is 0 Å². The van der Waals surface area contributed by atoms with E-state index in [1.54, 1.807) is 12.1 Å². The van der Waals surface area contributed by atoms with Gasteiger partial charge in [0.25, 0.3) is 5.69 Å². The van der Waals surface area contributed by atoms with E-state index in [1.165, 1.54) is 12.1 Å². The molecule has 1 unspecified atom stereocenters. The van der Waals surface area contributed by atoms with Crippen LogP contribution >= 0.6 is 0 Å². The minimum Gasteiger partial charge on any atom is -0.345 e. The minimum absolute atomic E-state index is 0.0276. The summed E-state index contributed by atoms with van der Waals surface area (Å²) in [6, 6.07) is 13.7. The topological polar surface area (TPSA) is 72.2 Å².